The molecule has 0 bridgehead atoms. The van der Waals surface area contributed by atoms with E-state index in [1.165, 1.54) is 4.68 Å². The number of aromatic nitrogens is 2. The molecule has 0 aliphatic rings. The predicted molar refractivity (Wildman–Crippen MR) is 134 cm³/mol. The molecule has 1 heterocycles. The summed E-state index contributed by atoms with van der Waals surface area (Å²) in [5, 5.41) is 31.4. The Morgan fingerprint density at radius 1 is 0.971 bits per heavy atom. The van der Waals surface area contributed by atoms with Crippen LogP contribution >= 0.6 is 0 Å². The van der Waals surface area contributed by atoms with Gasteiger partial charge >= 0.3 is 5.97 Å². The lowest BCUT2D eigenvalue weighted by atomic mass is 9.97. The van der Waals surface area contributed by atoms with Gasteiger partial charge in [0.15, 0.2) is 11.4 Å². The number of aromatic amines is 1. The standard InChI is InChI=1S/C27H26N4O4/c1-15-8-13-21(14-16(15)2)31-26(33)24(18(4)30-31)29-28-23-7-5-6-22(25(23)32)20-11-9-19(10-12-20)17(3)27(34)35/h5-14,17,30,32H,1-4H3,(H,34,35)/t17-/m1/s1. The maximum atomic E-state index is 13.0. The Balaban J connectivity index is 1.65. The van der Waals surface area contributed by atoms with E-state index < -0.39 is 11.9 Å². The lowest BCUT2D eigenvalue weighted by Crippen LogP contribution is -2.14. The number of aromatic hydroxyl groups is 1. The zero-order chi connectivity index (χ0) is 25.3. The second kappa shape index (κ2) is 9.42. The van der Waals surface area contributed by atoms with Crippen molar-refractivity contribution in [3.05, 3.63) is 93.4 Å². The summed E-state index contributed by atoms with van der Waals surface area (Å²) in [6.45, 7) is 7.35. The van der Waals surface area contributed by atoms with Gasteiger partial charge in [-0.25, -0.2) is 4.68 Å². The maximum absolute atomic E-state index is 13.0. The lowest BCUT2D eigenvalue weighted by Gasteiger charge is -2.10. The van der Waals surface area contributed by atoms with Gasteiger partial charge in [0.25, 0.3) is 5.56 Å². The first-order valence-corrected chi connectivity index (χ1v) is 11.1. The number of phenols is 1. The van der Waals surface area contributed by atoms with E-state index >= 15 is 0 Å². The number of H-pyrrole nitrogens is 1. The molecule has 0 saturated heterocycles. The van der Waals surface area contributed by atoms with Gasteiger partial charge in [0, 0.05) is 5.56 Å². The van der Waals surface area contributed by atoms with E-state index in [1.807, 2.05) is 32.0 Å². The molecular formula is C27H26N4O4. The zero-order valence-electron chi connectivity index (χ0n) is 19.9. The molecule has 0 amide bonds. The normalized spacial score (nSPS) is 12.2. The van der Waals surface area contributed by atoms with Crippen molar-refractivity contribution in [1.29, 1.82) is 0 Å². The van der Waals surface area contributed by atoms with Crippen LogP contribution < -0.4 is 5.56 Å². The van der Waals surface area contributed by atoms with Crippen molar-refractivity contribution in [2.75, 3.05) is 0 Å². The van der Waals surface area contributed by atoms with Gasteiger partial charge in [-0.3, -0.25) is 14.7 Å². The van der Waals surface area contributed by atoms with Crippen molar-refractivity contribution < 1.29 is 15.0 Å². The molecule has 0 aliphatic carbocycles. The zero-order valence-corrected chi connectivity index (χ0v) is 19.9. The third-order valence-corrected chi connectivity index (χ3v) is 6.15. The fraction of sp³-hybridized carbons (Fsp3) is 0.185. The summed E-state index contributed by atoms with van der Waals surface area (Å²) in [7, 11) is 0. The Morgan fingerprint density at radius 2 is 1.69 bits per heavy atom. The van der Waals surface area contributed by atoms with Gasteiger partial charge in [-0.05, 0) is 68.1 Å². The summed E-state index contributed by atoms with van der Waals surface area (Å²) in [5.74, 6) is -1.62. The molecule has 0 spiro atoms. The summed E-state index contributed by atoms with van der Waals surface area (Å²) in [6, 6.07) is 17.8. The Hall–Kier alpha value is -4.46. The minimum absolute atomic E-state index is 0.0852. The molecular weight excluding hydrogens is 444 g/mol. The number of hydrogen-bond acceptors (Lipinski definition) is 5. The third kappa shape index (κ3) is 4.63. The molecule has 0 aliphatic heterocycles. The number of nitrogens with zero attached hydrogens (tertiary/aromatic N) is 3. The van der Waals surface area contributed by atoms with Crippen LogP contribution in [-0.2, 0) is 4.79 Å². The van der Waals surface area contributed by atoms with E-state index in [2.05, 4.69) is 15.3 Å². The van der Waals surface area contributed by atoms with E-state index in [9.17, 15) is 19.8 Å². The minimum Gasteiger partial charge on any atom is -0.505 e. The van der Waals surface area contributed by atoms with Crippen LogP contribution in [0.15, 0.2) is 75.7 Å². The number of nitrogens with one attached hydrogen (secondary N) is 1. The first-order valence-electron chi connectivity index (χ1n) is 11.1. The number of phenolic OH excluding ortho intramolecular Hbond substituents is 1. The summed E-state index contributed by atoms with van der Waals surface area (Å²) in [4.78, 5) is 24.2. The van der Waals surface area contributed by atoms with Crippen LogP contribution in [0.1, 0.15) is 35.2 Å². The molecule has 3 aromatic carbocycles. The number of azo groups is 1. The monoisotopic (exact) mass is 470 g/mol. The summed E-state index contributed by atoms with van der Waals surface area (Å²) < 4.78 is 1.42. The number of carboxylic acids is 1. The summed E-state index contributed by atoms with van der Waals surface area (Å²) in [5.41, 5.74) is 5.37. The van der Waals surface area contributed by atoms with Gasteiger partial charge < -0.3 is 10.2 Å². The minimum atomic E-state index is -0.903. The molecule has 1 atom stereocenters. The van der Waals surface area contributed by atoms with Crippen molar-refractivity contribution >= 4 is 17.3 Å². The molecule has 8 nitrogen and oxygen atoms in total. The lowest BCUT2D eigenvalue weighted by molar-refractivity contribution is -0.138. The average molecular weight is 471 g/mol. The second-order valence-electron chi connectivity index (χ2n) is 8.55. The molecule has 0 fully saturated rings. The van der Waals surface area contributed by atoms with Gasteiger partial charge in [-0.15, -0.1) is 10.2 Å². The first-order chi connectivity index (χ1) is 16.7. The van der Waals surface area contributed by atoms with Crippen molar-refractivity contribution in [3.63, 3.8) is 0 Å². The third-order valence-electron chi connectivity index (χ3n) is 6.15. The molecule has 0 radical (unpaired) electrons. The number of carbonyl (C=O) groups is 1. The second-order valence-corrected chi connectivity index (χ2v) is 8.55. The summed E-state index contributed by atoms with van der Waals surface area (Å²) >= 11 is 0. The maximum Gasteiger partial charge on any atom is 0.310 e. The predicted octanol–water partition coefficient (Wildman–Crippen LogP) is 6.07. The molecule has 3 N–H and O–H groups in total. The highest BCUT2D eigenvalue weighted by Gasteiger charge is 2.16. The van der Waals surface area contributed by atoms with Crippen LogP contribution in [0, 0.1) is 20.8 Å². The van der Waals surface area contributed by atoms with Crippen molar-refractivity contribution in [2.45, 2.75) is 33.6 Å². The van der Waals surface area contributed by atoms with Gasteiger partial charge in [0.2, 0.25) is 0 Å². The van der Waals surface area contributed by atoms with Gasteiger partial charge in [0.1, 0.15) is 5.69 Å². The highest BCUT2D eigenvalue weighted by Crippen LogP contribution is 2.38. The van der Waals surface area contributed by atoms with E-state index in [0.29, 0.717) is 28.1 Å². The molecule has 178 valence electrons. The van der Waals surface area contributed by atoms with E-state index in [0.717, 1.165) is 11.1 Å². The number of benzene rings is 3. The van der Waals surface area contributed by atoms with Crippen molar-refractivity contribution in [3.8, 4) is 22.6 Å². The number of rotatable bonds is 6. The fourth-order valence-electron chi connectivity index (χ4n) is 3.74. The SMILES string of the molecule is Cc1ccc(-n2[nH]c(C)c(N=Nc3cccc(-c4ccc([C@@H](C)C(=O)O)cc4)c3O)c2=O)cc1C. The number of carboxylic acid groups (broad SMARTS) is 1. The van der Waals surface area contributed by atoms with Gasteiger partial charge in [-0.2, -0.15) is 0 Å². The number of aryl methyl sites for hydroxylation is 3. The Morgan fingerprint density at radius 3 is 2.34 bits per heavy atom. The quantitative estimate of drug-likeness (QED) is 0.296. The van der Waals surface area contributed by atoms with E-state index in [4.69, 9.17) is 0 Å². The molecule has 8 heteroatoms. The Bertz CT molecular complexity index is 1500. The number of aliphatic carboxylic acids is 1. The average Bonchev–Trinajstić information content (AvgIpc) is 3.13. The highest BCUT2D eigenvalue weighted by atomic mass is 16.4. The van der Waals surface area contributed by atoms with E-state index in [1.54, 1.807) is 56.3 Å². The molecule has 0 unspecified atom stereocenters. The van der Waals surface area contributed by atoms with Gasteiger partial charge in [0.05, 0.1) is 17.3 Å². The smallest absolute Gasteiger partial charge is 0.310 e. The van der Waals surface area contributed by atoms with Crippen molar-refractivity contribution in [2.24, 2.45) is 10.2 Å². The van der Waals surface area contributed by atoms with Crippen LogP contribution in [0.5, 0.6) is 5.75 Å². The molecule has 35 heavy (non-hydrogen) atoms. The van der Waals surface area contributed by atoms with E-state index in [-0.39, 0.29) is 22.7 Å². The van der Waals surface area contributed by atoms with Crippen LogP contribution in [-0.4, -0.2) is 26.0 Å². The van der Waals surface area contributed by atoms with Crippen molar-refractivity contribution in [1.82, 2.24) is 9.78 Å². The van der Waals surface area contributed by atoms with Crippen LogP contribution in [0.25, 0.3) is 16.8 Å². The number of para-hydroxylation sites is 1. The fourth-order valence-corrected chi connectivity index (χ4v) is 3.74. The van der Waals surface area contributed by atoms with Crippen LogP contribution in [0.3, 0.4) is 0 Å². The highest BCUT2D eigenvalue weighted by molar-refractivity contribution is 5.78. The summed E-state index contributed by atoms with van der Waals surface area (Å²) in [6.07, 6.45) is 0. The molecule has 1 aromatic heterocycles. The van der Waals surface area contributed by atoms with Crippen LogP contribution in [0.4, 0.5) is 11.4 Å². The topological polar surface area (TPSA) is 120 Å². The molecule has 0 saturated carbocycles. The Kier molecular flexibility index (Phi) is 6.38. The largest absolute Gasteiger partial charge is 0.505 e. The van der Waals surface area contributed by atoms with Gasteiger partial charge in [-0.1, -0.05) is 42.5 Å². The number of hydrogen-bond donors (Lipinski definition) is 3. The Labute approximate surface area is 202 Å². The molecule has 4 aromatic rings. The molecule has 4 rings (SSSR count). The van der Waals surface area contributed by atoms with Crippen LogP contribution in [0.2, 0.25) is 0 Å². The first kappa shape index (κ1) is 23.7.